The maximum Gasteiger partial charge on any atom is 0.205 e. The van der Waals surface area contributed by atoms with Crippen molar-refractivity contribution in [3.63, 3.8) is 0 Å². The van der Waals surface area contributed by atoms with Gasteiger partial charge in [0.15, 0.2) is 40.5 Å². The number of rotatable bonds is 4. The summed E-state index contributed by atoms with van der Waals surface area (Å²) < 4.78 is 23.5. The van der Waals surface area contributed by atoms with Crippen LogP contribution in [-0.4, -0.2) is 30.0 Å². The fourth-order valence-corrected chi connectivity index (χ4v) is 3.84. The molecule has 2 unspecified atom stereocenters. The van der Waals surface area contributed by atoms with Crippen molar-refractivity contribution in [2.75, 3.05) is 13.7 Å². The van der Waals surface area contributed by atoms with Crippen molar-refractivity contribution in [2.24, 2.45) is 0 Å². The predicted molar refractivity (Wildman–Crippen MR) is 117 cm³/mol. The molecule has 162 valence electrons. The van der Waals surface area contributed by atoms with Crippen LogP contribution in [0.5, 0.6) is 23.0 Å². The quantitative estimate of drug-likeness (QED) is 0.502. The molecule has 4 aromatic rings. The number of phenolic OH excluding ortho intramolecular Hbond substituents is 1. The highest BCUT2D eigenvalue weighted by Gasteiger charge is 2.35. The van der Waals surface area contributed by atoms with Crippen LogP contribution >= 0.6 is 0 Å². The van der Waals surface area contributed by atoms with Crippen LogP contribution in [0.25, 0.3) is 22.3 Å². The molecule has 32 heavy (non-hydrogen) atoms. The van der Waals surface area contributed by atoms with Crippen molar-refractivity contribution < 1.29 is 28.8 Å². The lowest BCUT2D eigenvalue weighted by molar-refractivity contribution is -0.0118. The Balaban J connectivity index is 1.62. The first-order valence-corrected chi connectivity index (χ1v) is 10.1. The minimum Gasteiger partial charge on any atom is -0.504 e. The van der Waals surface area contributed by atoms with Gasteiger partial charge in [0.1, 0.15) is 5.76 Å². The van der Waals surface area contributed by atoms with Gasteiger partial charge in [-0.25, -0.2) is 0 Å². The summed E-state index contributed by atoms with van der Waals surface area (Å²) in [4.78, 5) is 12.8. The second-order valence-electron chi connectivity index (χ2n) is 7.42. The summed E-state index contributed by atoms with van der Waals surface area (Å²) in [5, 5.41) is 20.3. The van der Waals surface area contributed by atoms with E-state index in [9.17, 15) is 15.0 Å². The van der Waals surface area contributed by atoms with E-state index in [1.54, 1.807) is 24.3 Å². The third-order valence-electron chi connectivity index (χ3n) is 5.45. The number of hydrogen-bond acceptors (Lipinski definition) is 7. The molecule has 7 heteroatoms. The molecule has 1 aliphatic heterocycles. The number of fused-ring (bicyclic) bond motifs is 3. The highest BCUT2D eigenvalue weighted by Crippen LogP contribution is 2.45. The standard InChI is InChI=1S/C25H20O7/c1-29-21-11-15(7-9-17(21)27)23-22(13-26)32-25-19(30-23)10-8-16-18(28)12-20(31-24(16)25)14-5-3-2-4-6-14/h2-12,22-23,26-27H,13H2,1H3. The molecule has 1 aliphatic rings. The summed E-state index contributed by atoms with van der Waals surface area (Å²) in [5.41, 5.74) is 1.47. The number of aromatic hydroxyl groups is 1. The molecule has 0 saturated heterocycles. The van der Waals surface area contributed by atoms with Gasteiger partial charge in [-0.3, -0.25) is 4.79 Å². The number of aliphatic hydroxyl groups excluding tert-OH is 1. The van der Waals surface area contributed by atoms with E-state index in [2.05, 4.69) is 0 Å². The fourth-order valence-electron chi connectivity index (χ4n) is 3.84. The van der Waals surface area contributed by atoms with E-state index in [4.69, 9.17) is 18.6 Å². The van der Waals surface area contributed by atoms with Crippen LogP contribution in [0, 0.1) is 0 Å². The van der Waals surface area contributed by atoms with E-state index >= 15 is 0 Å². The topological polar surface area (TPSA) is 98.4 Å². The smallest absolute Gasteiger partial charge is 0.205 e. The zero-order chi connectivity index (χ0) is 22.2. The van der Waals surface area contributed by atoms with Crippen molar-refractivity contribution in [1.82, 2.24) is 0 Å². The Morgan fingerprint density at radius 2 is 1.81 bits per heavy atom. The van der Waals surface area contributed by atoms with Crippen LogP contribution in [0.3, 0.4) is 0 Å². The van der Waals surface area contributed by atoms with Gasteiger partial charge in [0.25, 0.3) is 0 Å². The highest BCUT2D eigenvalue weighted by molar-refractivity contribution is 5.87. The molecule has 0 spiro atoms. The van der Waals surface area contributed by atoms with Gasteiger partial charge in [-0.2, -0.15) is 0 Å². The van der Waals surface area contributed by atoms with Crippen LogP contribution in [0.2, 0.25) is 0 Å². The summed E-state index contributed by atoms with van der Waals surface area (Å²) in [6.45, 7) is -0.341. The number of phenols is 1. The molecule has 0 radical (unpaired) electrons. The number of hydrogen-bond donors (Lipinski definition) is 2. The van der Waals surface area contributed by atoms with Crippen LogP contribution in [0.4, 0.5) is 0 Å². The van der Waals surface area contributed by atoms with E-state index in [-0.39, 0.29) is 34.9 Å². The Hall–Kier alpha value is -3.97. The lowest BCUT2D eigenvalue weighted by atomic mass is 10.0. The number of methoxy groups -OCH3 is 1. The molecule has 5 rings (SSSR count). The summed E-state index contributed by atoms with van der Waals surface area (Å²) in [5.74, 6) is 1.33. The monoisotopic (exact) mass is 432 g/mol. The molecule has 7 nitrogen and oxygen atoms in total. The molecule has 3 aromatic carbocycles. The number of benzene rings is 3. The zero-order valence-corrected chi connectivity index (χ0v) is 17.1. The Morgan fingerprint density at radius 3 is 2.56 bits per heavy atom. The molecule has 2 atom stereocenters. The van der Waals surface area contributed by atoms with Gasteiger partial charge in [-0.1, -0.05) is 36.4 Å². The lowest BCUT2D eigenvalue weighted by Gasteiger charge is -2.33. The Bertz CT molecular complexity index is 1340. The Morgan fingerprint density at radius 1 is 1.00 bits per heavy atom. The first kappa shape index (κ1) is 20.0. The van der Waals surface area contributed by atoms with E-state index < -0.39 is 12.2 Å². The van der Waals surface area contributed by atoms with Crippen LogP contribution in [0.1, 0.15) is 11.7 Å². The van der Waals surface area contributed by atoms with Crippen molar-refractivity contribution in [2.45, 2.75) is 12.2 Å². The maximum absolute atomic E-state index is 12.8. The van der Waals surface area contributed by atoms with Crippen LogP contribution < -0.4 is 19.6 Å². The molecule has 2 N–H and O–H groups in total. The number of ether oxygens (including phenoxy) is 3. The molecule has 0 amide bonds. The van der Waals surface area contributed by atoms with Gasteiger partial charge in [0, 0.05) is 17.2 Å². The average Bonchev–Trinajstić information content (AvgIpc) is 2.83. The van der Waals surface area contributed by atoms with Gasteiger partial charge in [-0.05, 0) is 24.3 Å². The molecule has 1 aromatic heterocycles. The maximum atomic E-state index is 12.8. The molecule has 2 heterocycles. The predicted octanol–water partition coefficient (Wildman–Crippen LogP) is 4.05. The second kappa shape index (κ2) is 7.94. The third-order valence-corrected chi connectivity index (χ3v) is 5.45. The average molecular weight is 432 g/mol. The Labute approximate surface area is 183 Å². The van der Waals surface area contributed by atoms with Gasteiger partial charge in [-0.15, -0.1) is 0 Å². The lowest BCUT2D eigenvalue weighted by Crippen LogP contribution is -2.36. The van der Waals surface area contributed by atoms with Crippen molar-refractivity contribution in [3.05, 3.63) is 82.5 Å². The van der Waals surface area contributed by atoms with Crippen LogP contribution in [-0.2, 0) is 0 Å². The molecular weight excluding hydrogens is 412 g/mol. The third kappa shape index (κ3) is 3.33. The Kier molecular flexibility index (Phi) is 4.95. The van der Waals surface area contributed by atoms with Gasteiger partial charge >= 0.3 is 0 Å². The molecule has 0 aliphatic carbocycles. The van der Waals surface area contributed by atoms with Gasteiger partial charge in [0.2, 0.25) is 5.75 Å². The summed E-state index contributed by atoms with van der Waals surface area (Å²) in [7, 11) is 1.45. The van der Waals surface area contributed by atoms with E-state index in [0.717, 1.165) is 5.56 Å². The first-order chi connectivity index (χ1) is 15.6. The zero-order valence-electron chi connectivity index (χ0n) is 17.1. The minimum atomic E-state index is -0.770. The van der Waals surface area contributed by atoms with E-state index in [1.807, 2.05) is 30.3 Å². The SMILES string of the molecule is COc1cc(C2Oc3ccc4c(=O)cc(-c5ccccc5)oc4c3OC2CO)ccc1O. The van der Waals surface area contributed by atoms with E-state index in [1.165, 1.54) is 19.2 Å². The normalized spacial score (nSPS) is 17.3. The molecule has 0 bridgehead atoms. The van der Waals surface area contributed by atoms with Crippen molar-refractivity contribution >= 4 is 11.0 Å². The van der Waals surface area contributed by atoms with Crippen molar-refractivity contribution in [1.29, 1.82) is 0 Å². The van der Waals surface area contributed by atoms with Crippen molar-refractivity contribution in [3.8, 4) is 34.3 Å². The van der Waals surface area contributed by atoms with Gasteiger partial charge < -0.3 is 28.8 Å². The molecule has 0 fully saturated rings. The van der Waals surface area contributed by atoms with E-state index in [0.29, 0.717) is 22.5 Å². The molecular formula is C25H20O7. The summed E-state index contributed by atoms with van der Waals surface area (Å²) in [6, 6.07) is 18.8. The fraction of sp³-hybridized carbons (Fsp3) is 0.160. The summed E-state index contributed by atoms with van der Waals surface area (Å²) >= 11 is 0. The van der Waals surface area contributed by atoms with Crippen LogP contribution in [0.15, 0.2) is 75.9 Å². The second-order valence-corrected chi connectivity index (χ2v) is 7.42. The summed E-state index contributed by atoms with van der Waals surface area (Å²) in [6.07, 6.45) is -1.43. The molecule has 0 saturated carbocycles. The largest absolute Gasteiger partial charge is 0.504 e. The highest BCUT2D eigenvalue weighted by atomic mass is 16.6. The van der Waals surface area contributed by atoms with Gasteiger partial charge in [0.05, 0.1) is 19.1 Å². The minimum absolute atomic E-state index is 0.00450. The first-order valence-electron chi connectivity index (χ1n) is 10.1. The number of aliphatic hydroxyl groups is 1.